The minimum atomic E-state index is 0.301. The van der Waals surface area contributed by atoms with Crippen LogP contribution in [0.3, 0.4) is 0 Å². The van der Waals surface area contributed by atoms with E-state index in [1.165, 1.54) is 11.1 Å². The Balaban J connectivity index is 2.19. The average molecular weight is 334 g/mol. The lowest BCUT2D eigenvalue weighted by molar-refractivity contribution is 0.414. The summed E-state index contributed by atoms with van der Waals surface area (Å²) in [5.41, 5.74) is 3.65. The van der Waals surface area contributed by atoms with Crippen LogP contribution in [0, 0.1) is 6.92 Å². The Bertz CT molecular complexity index is 545. The van der Waals surface area contributed by atoms with Gasteiger partial charge in [0.25, 0.3) is 0 Å². The van der Waals surface area contributed by atoms with E-state index in [9.17, 15) is 0 Å². The maximum atomic E-state index is 5.21. The predicted octanol–water partition coefficient (Wildman–Crippen LogP) is 5.33. The number of aryl methyl sites for hydroxylation is 1. The van der Waals surface area contributed by atoms with Crippen molar-refractivity contribution in [3.8, 4) is 5.75 Å². The molecule has 0 saturated carbocycles. The van der Waals surface area contributed by atoms with Gasteiger partial charge in [0.2, 0.25) is 0 Å². The molecule has 2 aromatic rings. The second kappa shape index (κ2) is 6.80. The molecular weight excluding hydrogens is 314 g/mol. The third kappa shape index (κ3) is 3.76. The molecule has 2 nitrogen and oxygen atoms in total. The largest absolute Gasteiger partial charge is 0.497 e. The van der Waals surface area contributed by atoms with Gasteiger partial charge in [-0.1, -0.05) is 35.0 Å². The molecule has 0 radical (unpaired) electrons. The Morgan fingerprint density at radius 2 is 1.85 bits per heavy atom. The van der Waals surface area contributed by atoms with E-state index in [1.807, 2.05) is 12.1 Å². The van der Waals surface area contributed by atoms with Gasteiger partial charge in [0.15, 0.2) is 0 Å². The van der Waals surface area contributed by atoms with Gasteiger partial charge < -0.3 is 10.1 Å². The number of methoxy groups -OCH3 is 1. The summed E-state index contributed by atoms with van der Waals surface area (Å²) in [6.07, 6.45) is 1.03. The summed E-state index contributed by atoms with van der Waals surface area (Å²) in [6, 6.07) is 14.9. The Morgan fingerprint density at radius 1 is 1.15 bits per heavy atom. The Hall–Kier alpha value is -1.48. The maximum Gasteiger partial charge on any atom is 0.118 e. The van der Waals surface area contributed by atoms with Crippen molar-refractivity contribution in [2.24, 2.45) is 0 Å². The molecule has 20 heavy (non-hydrogen) atoms. The van der Waals surface area contributed by atoms with Gasteiger partial charge in [-0.05, 0) is 54.8 Å². The zero-order valence-corrected chi connectivity index (χ0v) is 13.7. The highest BCUT2D eigenvalue weighted by Crippen LogP contribution is 2.26. The van der Waals surface area contributed by atoms with Gasteiger partial charge in [-0.3, -0.25) is 0 Å². The van der Waals surface area contributed by atoms with Crippen molar-refractivity contribution in [2.75, 3.05) is 12.4 Å². The molecule has 1 N–H and O–H groups in total. The minimum absolute atomic E-state index is 0.301. The van der Waals surface area contributed by atoms with Gasteiger partial charge in [-0.25, -0.2) is 0 Å². The summed E-state index contributed by atoms with van der Waals surface area (Å²) in [5, 5.41) is 3.59. The second-order valence-corrected chi connectivity index (χ2v) is 5.81. The van der Waals surface area contributed by atoms with Crippen molar-refractivity contribution in [3.63, 3.8) is 0 Å². The zero-order valence-electron chi connectivity index (χ0n) is 12.1. The third-order valence-electron chi connectivity index (χ3n) is 3.31. The highest BCUT2D eigenvalue weighted by molar-refractivity contribution is 9.10. The van der Waals surface area contributed by atoms with E-state index >= 15 is 0 Å². The molecule has 0 spiro atoms. The van der Waals surface area contributed by atoms with Crippen LogP contribution in [0.15, 0.2) is 46.9 Å². The molecule has 0 saturated heterocycles. The van der Waals surface area contributed by atoms with Crippen molar-refractivity contribution < 1.29 is 4.74 Å². The lowest BCUT2D eigenvalue weighted by atomic mass is 10.0. The van der Waals surface area contributed by atoms with Crippen LogP contribution in [0.2, 0.25) is 0 Å². The van der Waals surface area contributed by atoms with Crippen molar-refractivity contribution in [2.45, 2.75) is 26.3 Å². The first-order chi connectivity index (χ1) is 9.62. The van der Waals surface area contributed by atoms with Crippen LogP contribution in [-0.2, 0) is 0 Å². The van der Waals surface area contributed by atoms with E-state index in [0.29, 0.717) is 6.04 Å². The van der Waals surface area contributed by atoms with Crippen molar-refractivity contribution in [1.29, 1.82) is 0 Å². The molecule has 0 aromatic heterocycles. The fraction of sp³-hybridized carbons (Fsp3) is 0.294. The first-order valence-electron chi connectivity index (χ1n) is 6.80. The van der Waals surface area contributed by atoms with Crippen LogP contribution >= 0.6 is 15.9 Å². The molecule has 0 aliphatic heterocycles. The molecule has 0 aliphatic carbocycles. The molecule has 0 bridgehead atoms. The van der Waals surface area contributed by atoms with E-state index in [2.05, 4.69) is 65.4 Å². The SMILES string of the molecule is CCC(Nc1cc(C)cc(Br)c1)c1ccc(OC)cc1. The van der Waals surface area contributed by atoms with Crippen LogP contribution in [0.1, 0.15) is 30.5 Å². The molecule has 2 aromatic carbocycles. The molecule has 0 aliphatic rings. The van der Waals surface area contributed by atoms with Gasteiger partial charge >= 0.3 is 0 Å². The summed E-state index contributed by atoms with van der Waals surface area (Å²) in [6.45, 7) is 4.29. The van der Waals surface area contributed by atoms with Crippen LogP contribution in [0.25, 0.3) is 0 Å². The Morgan fingerprint density at radius 3 is 2.40 bits per heavy atom. The number of ether oxygens (including phenoxy) is 1. The first kappa shape index (κ1) is 14.9. The molecule has 0 fully saturated rings. The smallest absolute Gasteiger partial charge is 0.118 e. The number of benzene rings is 2. The molecule has 106 valence electrons. The topological polar surface area (TPSA) is 21.3 Å². The minimum Gasteiger partial charge on any atom is -0.497 e. The molecule has 0 heterocycles. The maximum absolute atomic E-state index is 5.21. The summed E-state index contributed by atoms with van der Waals surface area (Å²) in [4.78, 5) is 0. The number of anilines is 1. The third-order valence-corrected chi connectivity index (χ3v) is 3.77. The van der Waals surface area contributed by atoms with Gasteiger partial charge in [0, 0.05) is 10.2 Å². The van der Waals surface area contributed by atoms with Gasteiger partial charge in [0.1, 0.15) is 5.75 Å². The van der Waals surface area contributed by atoms with Crippen molar-refractivity contribution in [3.05, 3.63) is 58.1 Å². The second-order valence-electron chi connectivity index (χ2n) is 4.90. The van der Waals surface area contributed by atoms with E-state index < -0.39 is 0 Å². The first-order valence-corrected chi connectivity index (χ1v) is 7.59. The van der Waals surface area contributed by atoms with E-state index in [4.69, 9.17) is 4.74 Å². The average Bonchev–Trinajstić information content (AvgIpc) is 2.44. The highest BCUT2D eigenvalue weighted by atomic mass is 79.9. The predicted molar refractivity (Wildman–Crippen MR) is 88.5 cm³/mol. The van der Waals surface area contributed by atoms with Crippen LogP contribution in [-0.4, -0.2) is 7.11 Å². The number of rotatable bonds is 5. The fourth-order valence-electron chi connectivity index (χ4n) is 2.28. The molecular formula is C17H20BrNO. The highest BCUT2D eigenvalue weighted by Gasteiger charge is 2.09. The quantitative estimate of drug-likeness (QED) is 0.798. The zero-order chi connectivity index (χ0) is 14.5. The molecule has 3 heteroatoms. The summed E-state index contributed by atoms with van der Waals surface area (Å²) >= 11 is 3.54. The number of hydrogen-bond acceptors (Lipinski definition) is 2. The van der Waals surface area contributed by atoms with E-state index in [1.54, 1.807) is 7.11 Å². The van der Waals surface area contributed by atoms with Gasteiger partial charge in [0.05, 0.1) is 13.2 Å². The normalized spacial score (nSPS) is 12.0. The van der Waals surface area contributed by atoms with Crippen molar-refractivity contribution in [1.82, 2.24) is 0 Å². The van der Waals surface area contributed by atoms with Gasteiger partial charge in [-0.15, -0.1) is 0 Å². The van der Waals surface area contributed by atoms with Crippen LogP contribution < -0.4 is 10.1 Å². The summed E-state index contributed by atoms with van der Waals surface area (Å²) in [5.74, 6) is 0.891. The molecule has 1 unspecified atom stereocenters. The van der Waals surface area contributed by atoms with Crippen molar-refractivity contribution >= 4 is 21.6 Å². The number of hydrogen-bond donors (Lipinski definition) is 1. The van der Waals surface area contributed by atoms with Crippen LogP contribution in [0.5, 0.6) is 5.75 Å². The fourth-order valence-corrected chi connectivity index (χ4v) is 2.89. The standard InChI is InChI=1S/C17H20BrNO/c1-4-17(13-5-7-16(20-3)8-6-13)19-15-10-12(2)9-14(18)11-15/h5-11,17,19H,4H2,1-3H3. The van der Waals surface area contributed by atoms with E-state index in [-0.39, 0.29) is 0 Å². The lowest BCUT2D eigenvalue weighted by Crippen LogP contribution is -2.09. The Kier molecular flexibility index (Phi) is 5.07. The molecule has 0 amide bonds. The summed E-state index contributed by atoms with van der Waals surface area (Å²) < 4.78 is 6.31. The molecule has 2 rings (SSSR count). The molecule has 1 atom stereocenters. The number of halogens is 1. The number of nitrogens with one attached hydrogen (secondary N) is 1. The van der Waals surface area contributed by atoms with Crippen LogP contribution in [0.4, 0.5) is 5.69 Å². The summed E-state index contributed by atoms with van der Waals surface area (Å²) in [7, 11) is 1.69. The Labute approximate surface area is 129 Å². The lowest BCUT2D eigenvalue weighted by Gasteiger charge is -2.19. The van der Waals surface area contributed by atoms with E-state index in [0.717, 1.165) is 22.3 Å². The monoisotopic (exact) mass is 333 g/mol. The van der Waals surface area contributed by atoms with Gasteiger partial charge in [-0.2, -0.15) is 0 Å².